The Morgan fingerprint density at radius 1 is 1.29 bits per heavy atom. The maximum absolute atomic E-state index is 13.0. The molecule has 0 amide bonds. The van der Waals surface area contributed by atoms with Crippen molar-refractivity contribution in [3.8, 4) is 0 Å². The van der Waals surface area contributed by atoms with E-state index >= 15 is 0 Å². The van der Waals surface area contributed by atoms with Crippen molar-refractivity contribution in [2.45, 2.75) is 26.4 Å². The number of rotatable bonds is 3. The minimum atomic E-state index is -0.134. The predicted molar refractivity (Wildman–Crippen MR) is 56.5 cm³/mol. The molecule has 1 aromatic carbocycles. The van der Waals surface area contributed by atoms with Crippen molar-refractivity contribution in [2.24, 2.45) is 0 Å². The summed E-state index contributed by atoms with van der Waals surface area (Å²) in [5, 5.41) is 10.2. The number of aliphatic hydroxyl groups excluding tert-OH is 1. The molecule has 1 aromatic rings. The van der Waals surface area contributed by atoms with E-state index in [9.17, 15) is 4.39 Å². The van der Waals surface area contributed by atoms with E-state index in [4.69, 9.17) is 5.11 Å². The number of hydrogen-bond donors (Lipinski definition) is 2. The molecule has 0 bridgehead atoms. The van der Waals surface area contributed by atoms with Gasteiger partial charge in [-0.1, -0.05) is 32.0 Å². The zero-order valence-electron chi connectivity index (χ0n) is 8.92. The fourth-order valence-electron chi connectivity index (χ4n) is 0.956. The summed E-state index contributed by atoms with van der Waals surface area (Å²) in [4.78, 5) is 0. The highest BCUT2D eigenvalue weighted by Gasteiger charge is 1.99. The highest BCUT2D eigenvalue weighted by molar-refractivity contribution is 5.16. The van der Waals surface area contributed by atoms with Crippen molar-refractivity contribution >= 4 is 0 Å². The predicted octanol–water partition coefficient (Wildman–Crippen LogP) is 1.93. The van der Waals surface area contributed by atoms with Gasteiger partial charge in [0.25, 0.3) is 0 Å². The Morgan fingerprint density at radius 3 is 2.36 bits per heavy atom. The van der Waals surface area contributed by atoms with Gasteiger partial charge in [-0.05, 0) is 6.07 Å². The van der Waals surface area contributed by atoms with Crippen LogP contribution in [0.3, 0.4) is 0 Å². The molecule has 0 saturated heterocycles. The fraction of sp³-hybridized carbons (Fsp3) is 0.455. The van der Waals surface area contributed by atoms with E-state index in [0.717, 1.165) is 12.7 Å². The second-order valence-corrected chi connectivity index (χ2v) is 3.13. The number of hydrogen-bond acceptors (Lipinski definition) is 2. The van der Waals surface area contributed by atoms with Gasteiger partial charge in [0.1, 0.15) is 5.82 Å². The van der Waals surface area contributed by atoms with Gasteiger partial charge in [0.05, 0.1) is 0 Å². The molecule has 0 aliphatic rings. The largest absolute Gasteiger partial charge is 0.400 e. The van der Waals surface area contributed by atoms with Crippen molar-refractivity contribution in [1.29, 1.82) is 0 Å². The number of halogens is 1. The van der Waals surface area contributed by atoms with Crippen LogP contribution in [0.4, 0.5) is 4.39 Å². The monoisotopic (exact) mass is 199 g/mol. The zero-order valence-corrected chi connectivity index (χ0v) is 8.92. The van der Waals surface area contributed by atoms with Crippen LogP contribution in [0.2, 0.25) is 0 Å². The Hall–Kier alpha value is -0.930. The third-order valence-electron chi connectivity index (χ3n) is 1.66. The molecule has 0 radical (unpaired) electrons. The van der Waals surface area contributed by atoms with Crippen molar-refractivity contribution in [2.75, 3.05) is 7.11 Å². The Labute approximate surface area is 84.8 Å². The molecule has 2 N–H and O–H groups in total. The minimum Gasteiger partial charge on any atom is -0.400 e. The molecule has 2 nitrogen and oxygen atoms in total. The summed E-state index contributed by atoms with van der Waals surface area (Å²) in [6.07, 6.45) is 0. The summed E-state index contributed by atoms with van der Waals surface area (Å²) in [7, 11) is 1.00. The summed E-state index contributed by atoms with van der Waals surface area (Å²) in [6.45, 7) is 4.69. The summed E-state index contributed by atoms with van der Waals surface area (Å²) < 4.78 is 13.0. The molecule has 3 heteroatoms. The Balaban J connectivity index is 0.000000791. The summed E-state index contributed by atoms with van der Waals surface area (Å²) in [5.41, 5.74) is 0.728. The quantitative estimate of drug-likeness (QED) is 0.779. The van der Waals surface area contributed by atoms with Crippen LogP contribution in [0.25, 0.3) is 0 Å². The van der Waals surface area contributed by atoms with E-state index in [0.29, 0.717) is 12.6 Å². The third kappa shape index (κ3) is 4.94. The maximum Gasteiger partial charge on any atom is 0.127 e. The molecule has 0 unspecified atom stereocenters. The smallest absolute Gasteiger partial charge is 0.127 e. The van der Waals surface area contributed by atoms with Gasteiger partial charge in [0.2, 0.25) is 0 Å². The molecule has 0 aromatic heterocycles. The molecule has 0 heterocycles. The first-order valence-electron chi connectivity index (χ1n) is 4.61. The maximum atomic E-state index is 13.0. The molecular weight excluding hydrogens is 181 g/mol. The number of aliphatic hydroxyl groups is 1. The van der Waals surface area contributed by atoms with Crippen LogP contribution in [0, 0.1) is 5.82 Å². The molecule has 80 valence electrons. The van der Waals surface area contributed by atoms with Crippen LogP contribution in [-0.2, 0) is 6.54 Å². The van der Waals surface area contributed by atoms with Crippen molar-refractivity contribution in [1.82, 2.24) is 5.32 Å². The summed E-state index contributed by atoms with van der Waals surface area (Å²) >= 11 is 0. The average molecular weight is 199 g/mol. The molecule has 0 aliphatic heterocycles. The lowest BCUT2D eigenvalue weighted by molar-refractivity contribution is 0.399. The van der Waals surface area contributed by atoms with Gasteiger partial charge in [0.15, 0.2) is 0 Å². The molecule has 0 fully saturated rings. The third-order valence-corrected chi connectivity index (χ3v) is 1.66. The van der Waals surface area contributed by atoms with E-state index < -0.39 is 0 Å². The first-order valence-corrected chi connectivity index (χ1v) is 4.61. The van der Waals surface area contributed by atoms with E-state index in [1.807, 2.05) is 19.9 Å². The molecule has 1 rings (SSSR count). The van der Waals surface area contributed by atoms with Crippen molar-refractivity contribution < 1.29 is 9.50 Å². The normalized spacial score (nSPS) is 9.57. The lowest BCUT2D eigenvalue weighted by Gasteiger charge is -2.08. The van der Waals surface area contributed by atoms with E-state index in [1.165, 1.54) is 6.07 Å². The molecule has 0 spiro atoms. The van der Waals surface area contributed by atoms with Crippen LogP contribution in [0.1, 0.15) is 19.4 Å². The van der Waals surface area contributed by atoms with Crippen LogP contribution in [0.15, 0.2) is 24.3 Å². The summed E-state index contributed by atoms with van der Waals surface area (Å²) in [6, 6.07) is 7.22. The van der Waals surface area contributed by atoms with Gasteiger partial charge in [-0.25, -0.2) is 4.39 Å². The van der Waals surface area contributed by atoms with E-state index in [1.54, 1.807) is 12.1 Å². The lowest BCUT2D eigenvalue weighted by Crippen LogP contribution is -2.22. The van der Waals surface area contributed by atoms with Gasteiger partial charge in [0, 0.05) is 25.3 Å². The van der Waals surface area contributed by atoms with Gasteiger partial charge >= 0.3 is 0 Å². The first kappa shape index (κ1) is 13.1. The summed E-state index contributed by atoms with van der Waals surface area (Å²) in [5.74, 6) is -0.134. The van der Waals surface area contributed by atoms with Crippen molar-refractivity contribution in [3.05, 3.63) is 35.6 Å². The Kier molecular flexibility index (Phi) is 6.98. The lowest BCUT2D eigenvalue weighted by atomic mass is 10.2. The SMILES string of the molecule is CC(C)NCc1ccccc1F.CO. The molecule has 14 heavy (non-hydrogen) atoms. The van der Waals surface area contributed by atoms with Gasteiger partial charge in [-0.2, -0.15) is 0 Å². The Bertz CT molecular complexity index is 251. The molecule has 0 saturated carbocycles. The van der Waals surface area contributed by atoms with E-state index in [-0.39, 0.29) is 5.82 Å². The number of nitrogens with one attached hydrogen (secondary N) is 1. The first-order chi connectivity index (χ1) is 6.70. The molecule has 0 aliphatic carbocycles. The standard InChI is InChI=1S/C10H14FN.CH4O/c1-8(2)12-7-9-5-3-4-6-10(9)11;1-2/h3-6,8,12H,7H2,1-2H3;2H,1H3. The fourth-order valence-corrected chi connectivity index (χ4v) is 0.956. The molecular formula is C11H18FNO. The van der Waals surface area contributed by atoms with Gasteiger partial charge in [-0.15, -0.1) is 0 Å². The second kappa shape index (κ2) is 7.47. The minimum absolute atomic E-state index is 0.134. The highest BCUT2D eigenvalue weighted by Crippen LogP contribution is 2.05. The topological polar surface area (TPSA) is 32.3 Å². The Morgan fingerprint density at radius 2 is 1.86 bits per heavy atom. The van der Waals surface area contributed by atoms with Gasteiger partial charge in [-0.3, -0.25) is 0 Å². The van der Waals surface area contributed by atoms with Crippen LogP contribution >= 0.6 is 0 Å². The average Bonchev–Trinajstić information content (AvgIpc) is 2.19. The van der Waals surface area contributed by atoms with Crippen LogP contribution in [-0.4, -0.2) is 18.3 Å². The van der Waals surface area contributed by atoms with Gasteiger partial charge < -0.3 is 10.4 Å². The van der Waals surface area contributed by atoms with Crippen molar-refractivity contribution in [3.63, 3.8) is 0 Å². The van der Waals surface area contributed by atoms with Crippen LogP contribution in [0.5, 0.6) is 0 Å². The second-order valence-electron chi connectivity index (χ2n) is 3.13. The van der Waals surface area contributed by atoms with E-state index in [2.05, 4.69) is 5.32 Å². The zero-order chi connectivity index (χ0) is 11.0. The van der Waals surface area contributed by atoms with Crippen LogP contribution < -0.4 is 5.32 Å². The highest BCUT2D eigenvalue weighted by atomic mass is 19.1. The number of benzene rings is 1. The molecule has 0 atom stereocenters.